The Morgan fingerprint density at radius 2 is 1.82 bits per heavy atom. The maximum Gasteiger partial charge on any atom is 0.325 e. The first-order valence-corrected chi connectivity index (χ1v) is 10.4. The fourth-order valence-electron chi connectivity index (χ4n) is 3.37. The largest absolute Gasteiger partial charge is 0.459 e. The lowest BCUT2D eigenvalue weighted by atomic mass is 10.2. The number of anilines is 2. The Bertz CT molecular complexity index is 1310. The molecule has 0 unspecified atom stereocenters. The van der Waals surface area contributed by atoms with Crippen molar-refractivity contribution in [2.45, 2.75) is 13.1 Å². The van der Waals surface area contributed by atoms with Crippen molar-refractivity contribution < 1.29 is 22.7 Å². The smallest absolute Gasteiger partial charge is 0.325 e. The quantitative estimate of drug-likeness (QED) is 0.398. The van der Waals surface area contributed by atoms with Crippen molar-refractivity contribution in [3.05, 3.63) is 102 Å². The van der Waals surface area contributed by atoms with Crippen LogP contribution in [0, 0.1) is 11.6 Å². The minimum atomic E-state index is -0.909. The van der Waals surface area contributed by atoms with Crippen molar-refractivity contribution in [1.82, 2.24) is 15.2 Å². The molecule has 3 heterocycles. The van der Waals surface area contributed by atoms with E-state index >= 15 is 0 Å². The molecule has 0 spiro atoms. The molecule has 4 aromatic rings. The molecule has 0 bridgehead atoms. The predicted molar refractivity (Wildman–Crippen MR) is 119 cm³/mol. The van der Waals surface area contributed by atoms with Gasteiger partial charge in [0, 0.05) is 12.7 Å². The van der Waals surface area contributed by atoms with Crippen molar-refractivity contribution >= 4 is 11.8 Å². The van der Waals surface area contributed by atoms with Crippen LogP contribution < -0.4 is 10.2 Å². The predicted octanol–water partition coefficient (Wildman–Crippen LogP) is 4.83. The minimum absolute atomic E-state index is 0.0995. The Kier molecular flexibility index (Phi) is 6.02. The number of ether oxygens (including phenoxy) is 2. The molecule has 1 aliphatic heterocycles. The molecule has 0 radical (unpaired) electrons. The summed E-state index contributed by atoms with van der Waals surface area (Å²) in [5, 5.41) is 11.5. The fraction of sp³-hybridized carbons (Fsp3) is 0.125. The van der Waals surface area contributed by atoms with E-state index in [2.05, 4.69) is 20.5 Å². The summed E-state index contributed by atoms with van der Waals surface area (Å²) in [5.41, 5.74) is 2.12. The number of benzene rings is 2. The Balaban J connectivity index is 1.39. The molecule has 2 aromatic carbocycles. The van der Waals surface area contributed by atoms with Crippen LogP contribution in [-0.2, 0) is 22.6 Å². The lowest BCUT2D eigenvalue weighted by molar-refractivity contribution is 0.0776. The van der Waals surface area contributed by atoms with Gasteiger partial charge in [-0.2, -0.15) is 0 Å². The highest BCUT2D eigenvalue weighted by Crippen LogP contribution is 2.30. The SMILES string of the molecule is Fc1ccc(CNc2ncccc2-c2nnc(N(Cc3ccccc3)C3=COCO3)o2)cc1F. The maximum absolute atomic E-state index is 13.5. The van der Waals surface area contributed by atoms with E-state index in [1.54, 1.807) is 23.2 Å². The summed E-state index contributed by atoms with van der Waals surface area (Å²) in [4.78, 5) is 6.04. The van der Waals surface area contributed by atoms with Crippen molar-refractivity contribution in [3.8, 4) is 11.5 Å². The van der Waals surface area contributed by atoms with E-state index < -0.39 is 11.6 Å². The molecule has 8 nitrogen and oxygen atoms in total. The number of aromatic nitrogens is 3. The third-order valence-corrected chi connectivity index (χ3v) is 5.04. The monoisotopic (exact) mass is 463 g/mol. The number of nitrogens with one attached hydrogen (secondary N) is 1. The average Bonchev–Trinajstić information content (AvgIpc) is 3.57. The summed E-state index contributed by atoms with van der Waals surface area (Å²) >= 11 is 0. The first kappa shape index (κ1) is 21.4. The van der Waals surface area contributed by atoms with Gasteiger partial charge in [0.25, 0.3) is 5.89 Å². The van der Waals surface area contributed by atoms with Crippen molar-refractivity contribution in [1.29, 1.82) is 0 Å². The zero-order valence-corrected chi connectivity index (χ0v) is 17.8. The van der Waals surface area contributed by atoms with Gasteiger partial charge < -0.3 is 19.2 Å². The number of halogens is 2. The fourth-order valence-corrected chi connectivity index (χ4v) is 3.37. The van der Waals surface area contributed by atoms with Gasteiger partial charge in [-0.05, 0) is 35.4 Å². The molecular weight excluding hydrogens is 444 g/mol. The Labute approximate surface area is 193 Å². The molecule has 1 aliphatic rings. The van der Waals surface area contributed by atoms with Crippen LogP contribution in [0.4, 0.5) is 20.6 Å². The van der Waals surface area contributed by atoms with Crippen LogP contribution in [0.2, 0.25) is 0 Å². The normalized spacial score (nSPS) is 12.6. The van der Waals surface area contributed by atoms with E-state index in [-0.39, 0.29) is 25.2 Å². The summed E-state index contributed by atoms with van der Waals surface area (Å²) in [6, 6.07) is 17.2. The van der Waals surface area contributed by atoms with Gasteiger partial charge in [-0.15, -0.1) is 5.10 Å². The molecule has 1 N–H and O–H groups in total. The van der Waals surface area contributed by atoms with Crippen LogP contribution in [-0.4, -0.2) is 22.0 Å². The van der Waals surface area contributed by atoms with E-state index in [0.717, 1.165) is 17.7 Å². The topological polar surface area (TPSA) is 85.5 Å². The van der Waals surface area contributed by atoms with Crippen molar-refractivity contribution in [2.24, 2.45) is 0 Å². The first-order chi connectivity index (χ1) is 16.7. The van der Waals surface area contributed by atoms with Gasteiger partial charge in [0.15, 0.2) is 11.6 Å². The summed E-state index contributed by atoms with van der Waals surface area (Å²) in [5.74, 6) is -0.674. The van der Waals surface area contributed by atoms with Gasteiger partial charge >= 0.3 is 6.01 Å². The van der Waals surface area contributed by atoms with E-state index in [0.29, 0.717) is 29.4 Å². The van der Waals surface area contributed by atoms with Crippen molar-refractivity contribution in [2.75, 3.05) is 17.0 Å². The van der Waals surface area contributed by atoms with Gasteiger partial charge in [0.2, 0.25) is 12.7 Å². The summed E-state index contributed by atoms with van der Waals surface area (Å²) in [7, 11) is 0. The lowest BCUT2D eigenvalue weighted by Crippen LogP contribution is -2.22. The van der Waals surface area contributed by atoms with Gasteiger partial charge in [-0.25, -0.2) is 13.8 Å². The van der Waals surface area contributed by atoms with Crippen molar-refractivity contribution in [3.63, 3.8) is 0 Å². The minimum Gasteiger partial charge on any atom is -0.459 e. The second-order valence-electron chi connectivity index (χ2n) is 7.35. The average molecular weight is 463 g/mol. The van der Waals surface area contributed by atoms with E-state index in [4.69, 9.17) is 13.9 Å². The Morgan fingerprint density at radius 3 is 2.62 bits per heavy atom. The molecule has 0 atom stereocenters. The molecule has 0 fully saturated rings. The van der Waals surface area contributed by atoms with Gasteiger partial charge in [-0.3, -0.25) is 4.90 Å². The molecule has 2 aromatic heterocycles. The third kappa shape index (κ3) is 4.65. The van der Waals surface area contributed by atoms with Crippen LogP contribution in [0.1, 0.15) is 11.1 Å². The summed E-state index contributed by atoms with van der Waals surface area (Å²) in [6.07, 6.45) is 3.09. The zero-order chi connectivity index (χ0) is 23.3. The van der Waals surface area contributed by atoms with E-state index in [1.807, 2.05) is 30.3 Å². The standard InChI is InChI=1S/C24H19F2N5O3/c25-19-9-8-17(11-20(19)26)12-28-22-18(7-4-10-27-22)23-29-30-24(34-23)31(21-14-32-15-33-21)13-16-5-2-1-3-6-16/h1-11,14H,12-13,15H2,(H,27,28). The van der Waals surface area contributed by atoms with Gasteiger partial charge in [0.05, 0.1) is 12.1 Å². The molecular formula is C24H19F2N5O3. The number of rotatable bonds is 8. The lowest BCUT2D eigenvalue weighted by Gasteiger charge is -2.19. The molecule has 34 heavy (non-hydrogen) atoms. The number of pyridine rings is 1. The van der Waals surface area contributed by atoms with E-state index in [9.17, 15) is 8.78 Å². The summed E-state index contributed by atoms with van der Waals surface area (Å²) < 4.78 is 43.5. The molecule has 5 rings (SSSR count). The molecule has 0 saturated carbocycles. The second-order valence-corrected chi connectivity index (χ2v) is 7.35. The zero-order valence-electron chi connectivity index (χ0n) is 17.8. The Hall–Kier alpha value is -4.47. The first-order valence-electron chi connectivity index (χ1n) is 10.4. The molecule has 0 aliphatic carbocycles. The number of hydrogen-bond donors (Lipinski definition) is 1. The highest BCUT2D eigenvalue weighted by atomic mass is 19.2. The van der Waals surface area contributed by atoms with Crippen LogP contribution >= 0.6 is 0 Å². The highest BCUT2D eigenvalue weighted by molar-refractivity contribution is 5.69. The molecule has 0 saturated heterocycles. The van der Waals surface area contributed by atoms with E-state index in [1.165, 1.54) is 12.3 Å². The van der Waals surface area contributed by atoms with Crippen LogP contribution in [0.3, 0.4) is 0 Å². The second kappa shape index (κ2) is 9.57. The number of nitrogens with zero attached hydrogens (tertiary/aromatic N) is 4. The molecule has 172 valence electrons. The molecule has 0 amide bonds. The maximum atomic E-state index is 13.5. The summed E-state index contributed by atoms with van der Waals surface area (Å²) in [6.45, 7) is 0.745. The van der Waals surface area contributed by atoms with Crippen LogP contribution in [0.25, 0.3) is 11.5 Å². The number of hydrogen-bond acceptors (Lipinski definition) is 8. The third-order valence-electron chi connectivity index (χ3n) is 5.04. The van der Waals surface area contributed by atoms with Gasteiger partial charge in [0.1, 0.15) is 12.1 Å². The Morgan fingerprint density at radius 1 is 0.941 bits per heavy atom. The molecule has 10 heteroatoms. The van der Waals surface area contributed by atoms with Gasteiger partial charge in [-0.1, -0.05) is 41.5 Å². The van der Waals surface area contributed by atoms with Crippen LogP contribution in [0.5, 0.6) is 0 Å². The highest BCUT2D eigenvalue weighted by Gasteiger charge is 2.24. The van der Waals surface area contributed by atoms with Crippen LogP contribution in [0.15, 0.2) is 83.4 Å².